The van der Waals surface area contributed by atoms with Gasteiger partial charge in [-0.3, -0.25) is 9.59 Å². The van der Waals surface area contributed by atoms with Crippen molar-refractivity contribution >= 4 is 29.1 Å². The molecule has 0 heterocycles. The first kappa shape index (κ1) is 20.6. The van der Waals surface area contributed by atoms with Gasteiger partial charge < -0.3 is 10.6 Å². The molecule has 3 aromatic rings. The number of carbonyl (C=O) groups excluding carboxylic acids is 2. The molecule has 0 saturated carbocycles. The van der Waals surface area contributed by atoms with E-state index in [0.717, 1.165) is 22.4 Å². The molecule has 1 unspecified atom stereocenters. The highest BCUT2D eigenvalue weighted by atomic mass is 35.5. The Balaban J connectivity index is 1.77. The number of hydrogen-bond donors (Lipinski definition) is 2. The van der Waals surface area contributed by atoms with Crippen LogP contribution in [-0.2, 0) is 4.79 Å². The first-order valence-corrected chi connectivity index (χ1v) is 9.79. The highest BCUT2D eigenvalue weighted by molar-refractivity contribution is 6.33. The molecule has 1 atom stereocenters. The molecule has 3 aromatic carbocycles. The van der Waals surface area contributed by atoms with E-state index in [1.165, 1.54) is 0 Å². The van der Waals surface area contributed by atoms with Gasteiger partial charge in [-0.25, -0.2) is 0 Å². The van der Waals surface area contributed by atoms with Gasteiger partial charge in [-0.1, -0.05) is 60.1 Å². The van der Waals surface area contributed by atoms with Crippen molar-refractivity contribution < 1.29 is 9.59 Å². The van der Waals surface area contributed by atoms with Gasteiger partial charge in [-0.05, 0) is 54.8 Å². The van der Waals surface area contributed by atoms with E-state index in [4.69, 9.17) is 11.6 Å². The standard InChI is InChI=1S/C24H23ClN2O2/c1-16-12-13-19(14-17(16)2)26-23(28)15-22(18-8-4-3-5-9-18)27-24(29)20-10-6-7-11-21(20)25/h3-14,22H,15H2,1-2H3,(H,26,28)(H,27,29). The fourth-order valence-electron chi connectivity index (χ4n) is 3.04. The monoisotopic (exact) mass is 406 g/mol. The van der Waals surface area contributed by atoms with Crippen molar-refractivity contribution in [3.63, 3.8) is 0 Å². The van der Waals surface area contributed by atoms with Gasteiger partial charge in [0.05, 0.1) is 23.0 Å². The van der Waals surface area contributed by atoms with Crippen LogP contribution in [0.2, 0.25) is 5.02 Å². The number of carbonyl (C=O) groups is 2. The lowest BCUT2D eigenvalue weighted by molar-refractivity contribution is -0.116. The topological polar surface area (TPSA) is 58.2 Å². The molecule has 0 aromatic heterocycles. The summed E-state index contributed by atoms with van der Waals surface area (Å²) in [5.41, 5.74) is 4.24. The van der Waals surface area contributed by atoms with Gasteiger partial charge in [0.15, 0.2) is 0 Å². The summed E-state index contributed by atoms with van der Waals surface area (Å²) in [6.45, 7) is 4.03. The average Bonchev–Trinajstić information content (AvgIpc) is 2.71. The van der Waals surface area contributed by atoms with E-state index in [1.807, 2.05) is 62.4 Å². The molecule has 0 bridgehead atoms. The van der Waals surface area contributed by atoms with Crippen LogP contribution in [0.25, 0.3) is 0 Å². The Morgan fingerprint density at radius 1 is 0.897 bits per heavy atom. The van der Waals surface area contributed by atoms with Crippen LogP contribution < -0.4 is 10.6 Å². The fraction of sp³-hybridized carbons (Fsp3) is 0.167. The number of aryl methyl sites for hydroxylation is 2. The van der Waals surface area contributed by atoms with Crippen molar-refractivity contribution in [2.24, 2.45) is 0 Å². The van der Waals surface area contributed by atoms with E-state index in [9.17, 15) is 9.59 Å². The largest absolute Gasteiger partial charge is 0.345 e. The highest BCUT2D eigenvalue weighted by Crippen LogP contribution is 2.21. The average molecular weight is 407 g/mol. The van der Waals surface area contributed by atoms with E-state index >= 15 is 0 Å². The molecular formula is C24H23ClN2O2. The molecule has 4 nitrogen and oxygen atoms in total. The van der Waals surface area contributed by atoms with E-state index < -0.39 is 6.04 Å². The fourth-order valence-corrected chi connectivity index (χ4v) is 3.26. The van der Waals surface area contributed by atoms with Gasteiger partial charge in [-0.2, -0.15) is 0 Å². The number of nitrogens with one attached hydrogen (secondary N) is 2. The summed E-state index contributed by atoms with van der Waals surface area (Å²) in [6.07, 6.45) is 0.104. The SMILES string of the molecule is Cc1ccc(NC(=O)CC(NC(=O)c2ccccc2Cl)c2ccccc2)cc1C. The first-order valence-electron chi connectivity index (χ1n) is 9.41. The van der Waals surface area contributed by atoms with Crippen molar-refractivity contribution in [2.75, 3.05) is 5.32 Å². The minimum atomic E-state index is -0.480. The summed E-state index contributed by atoms with van der Waals surface area (Å²) >= 11 is 6.15. The second kappa shape index (κ2) is 9.39. The molecule has 29 heavy (non-hydrogen) atoms. The smallest absolute Gasteiger partial charge is 0.253 e. The molecule has 0 aliphatic carbocycles. The zero-order valence-electron chi connectivity index (χ0n) is 16.4. The summed E-state index contributed by atoms with van der Waals surface area (Å²) in [5.74, 6) is -0.495. The van der Waals surface area contributed by atoms with Gasteiger partial charge in [0.1, 0.15) is 0 Å². The lowest BCUT2D eigenvalue weighted by atomic mass is 10.0. The maximum absolute atomic E-state index is 12.7. The Kier molecular flexibility index (Phi) is 6.68. The van der Waals surface area contributed by atoms with Gasteiger partial charge in [0.25, 0.3) is 5.91 Å². The summed E-state index contributed by atoms with van der Waals surface area (Å²) in [6, 6.07) is 21.6. The molecule has 0 saturated heterocycles. The molecule has 3 rings (SSSR count). The molecule has 148 valence electrons. The van der Waals surface area contributed by atoms with Crippen molar-refractivity contribution in [3.8, 4) is 0 Å². The zero-order chi connectivity index (χ0) is 20.8. The first-order chi connectivity index (χ1) is 13.9. The van der Waals surface area contributed by atoms with Crippen LogP contribution in [-0.4, -0.2) is 11.8 Å². The van der Waals surface area contributed by atoms with Gasteiger partial charge in [0.2, 0.25) is 5.91 Å². The van der Waals surface area contributed by atoms with Crippen molar-refractivity contribution in [3.05, 3.63) is 100 Å². The number of hydrogen-bond acceptors (Lipinski definition) is 2. The predicted molar refractivity (Wildman–Crippen MR) is 117 cm³/mol. The highest BCUT2D eigenvalue weighted by Gasteiger charge is 2.20. The van der Waals surface area contributed by atoms with Gasteiger partial charge in [-0.15, -0.1) is 0 Å². The number of rotatable bonds is 6. The quantitative estimate of drug-likeness (QED) is 0.571. The Morgan fingerprint density at radius 3 is 2.28 bits per heavy atom. The second-order valence-corrected chi connectivity index (χ2v) is 7.38. The molecule has 2 N–H and O–H groups in total. The number of halogens is 1. The normalized spacial score (nSPS) is 11.6. The molecular weight excluding hydrogens is 384 g/mol. The Labute approximate surface area is 175 Å². The third-order valence-corrected chi connectivity index (χ3v) is 5.14. The van der Waals surface area contributed by atoms with Crippen molar-refractivity contribution in [2.45, 2.75) is 26.3 Å². The lowest BCUT2D eigenvalue weighted by Gasteiger charge is -2.19. The van der Waals surface area contributed by atoms with E-state index in [2.05, 4.69) is 10.6 Å². The molecule has 0 aliphatic rings. The summed E-state index contributed by atoms with van der Waals surface area (Å²) in [5, 5.41) is 6.23. The van der Waals surface area contributed by atoms with Crippen LogP contribution in [0.15, 0.2) is 72.8 Å². The number of benzene rings is 3. The maximum Gasteiger partial charge on any atom is 0.253 e. The number of anilines is 1. The second-order valence-electron chi connectivity index (χ2n) is 6.97. The molecule has 0 spiro atoms. The summed E-state index contributed by atoms with van der Waals surface area (Å²) < 4.78 is 0. The third kappa shape index (κ3) is 5.46. The van der Waals surface area contributed by atoms with Crippen molar-refractivity contribution in [1.82, 2.24) is 5.32 Å². The third-order valence-electron chi connectivity index (χ3n) is 4.81. The van der Waals surface area contributed by atoms with E-state index in [-0.39, 0.29) is 18.2 Å². The van der Waals surface area contributed by atoms with Crippen LogP contribution in [0.4, 0.5) is 5.69 Å². The van der Waals surface area contributed by atoms with Crippen LogP contribution in [0.1, 0.15) is 39.5 Å². The number of amides is 2. The minimum absolute atomic E-state index is 0.104. The van der Waals surface area contributed by atoms with E-state index in [0.29, 0.717) is 10.6 Å². The van der Waals surface area contributed by atoms with Gasteiger partial charge in [0, 0.05) is 5.69 Å². The van der Waals surface area contributed by atoms with Crippen molar-refractivity contribution in [1.29, 1.82) is 0 Å². The maximum atomic E-state index is 12.7. The van der Waals surface area contributed by atoms with Crippen LogP contribution >= 0.6 is 11.6 Å². The minimum Gasteiger partial charge on any atom is -0.345 e. The Morgan fingerprint density at radius 2 is 1.59 bits per heavy atom. The van der Waals surface area contributed by atoms with Crippen LogP contribution in [0.5, 0.6) is 0 Å². The summed E-state index contributed by atoms with van der Waals surface area (Å²) in [4.78, 5) is 25.4. The van der Waals surface area contributed by atoms with E-state index in [1.54, 1.807) is 24.3 Å². The lowest BCUT2D eigenvalue weighted by Crippen LogP contribution is -2.31. The molecule has 0 fully saturated rings. The predicted octanol–water partition coefficient (Wildman–Crippen LogP) is 5.46. The van der Waals surface area contributed by atoms with Gasteiger partial charge >= 0.3 is 0 Å². The molecule has 2 amide bonds. The van der Waals surface area contributed by atoms with Crippen LogP contribution in [0.3, 0.4) is 0 Å². The molecule has 5 heteroatoms. The Bertz CT molecular complexity index is 1020. The van der Waals surface area contributed by atoms with Crippen LogP contribution in [0, 0.1) is 13.8 Å². The Hall–Kier alpha value is -3.11. The zero-order valence-corrected chi connectivity index (χ0v) is 17.2. The molecule has 0 aliphatic heterocycles. The molecule has 0 radical (unpaired) electrons. The summed E-state index contributed by atoms with van der Waals surface area (Å²) in [7, 11) is 0.